The number of thiazole rings is 1. The number of carbonyl (C=O) groups excluding carboxylic acids is 1. The minimum absolute atomic E-state index is 0.0463. The topological polar surface area (TPSA) is 99.1 Å². The zero-order valence-electron chi connectivity index (χ0n) is 21.2. The van der Waals surface area contributed by atoms with Crippen molar-refractivity contribution < 1.29 is 19.4 Å². The van der Waals surface area contributed by atoms with Crippen LogP contribution in [0.2, 0.25) is 5.02 Å². The Balaban J connectivity index is 1.32. The number of aromatic nitrogens is 2. The zero-order valence-corrected chi connectivity index (χ0v) is 22.8. The predicted octanol–water partition coefficient (Wildman–Crippen LogP) is 4.41. The number of carbonyl (C=O) groups is 2. The SMILES string of the molecule is CC1CN(C(=O)c2ccc(Cl)cn2)CC2(CCN(CCc3csc(N(C(=O)O)C(C)(C)C)n3)CC2)O1. The summed E-state index contributed by atoms with van der Waals surface area (Å²) in [6.07, 6.45) is 2.90. The molecule has 0 radical (unpaired) electrons. The number of morpholine rings is 1. The molecular formula is C25H34ClN5O4S. The highest BCUT2D eigenvalue weighted by Gasteiger charge is 2.43. The van der Waals surface area contributed by atoms with Crippen molar-refractivity contribution in [2.45, 2.75) is 64.2 Å². The summed E-state index contributed by atoms with van der Waals surface area (Å²) in [4.78, 5) is 39.2. The highest BCUT2D eigenvalue weighted by atomic mass is 35.5. The highest BCUT2D eigenvalue weighted by molar-refractivity contribution is 7.14. The van der Waals surface area contributed by atoms with Gasteiger partial charge in [0.2, 0.25) is 0 Å². The van der Waals surface area contributed by atoms with E-state index in [1.54, 1.807) is 12.1 Å². The standard InChI is InChI=1S/C25H34ClN5O4S/c1-17-14-30(21(32)20-6-5-18(26)13-27-20)16-25(35-17)8-11-29(12-9-25)10-7-19-15-36-22(28-19)31(23(33)34)24(2,3)4/h5-6,13,15,17H,7-12,14,16H2,1-4H3,(H,33,34). The second kappa shape index (κ2) is 10.6. The maximum absolute atomic E-state index is 13.1. The number of halogens is 1. The van der Waals surface area contributed by atoms with E-state index in [-0.39, 0.29) is 17.6 Å². The van der Waals surface area contributed by atoms with Crippen LogP contribution in [0.3, 0.4) is 0 Å². The summed E-state index contributed by atoms with van der Waals surface area (Å²) in [5.74, 6) is -0.0892. The zero-order chi connectivity index (χ0) is 26.1. The lowest BCUT2D eigenvalue weighted by atomic mass is 9.88. The van der Waals surface area contributed by atoms with Crippen LogP contribution < -0.4 is 4.90 Å². The van der Waals surface area contributed by atoms with Crippen LogP contribution in [0.4, 0.5) is 9.93 Å². The Morgan fingerprint density at radius 2 is 2.03 bits per heavy atom. The first-order chi connectivity index (χ1) is 17.0. The lowest BCUT2D eigenvalue weighted by molar-refractivity contribution is -0.161. The molecule has 2 amide bonds. The summed E-state index contributed by atoms with van der Waals surface area (Å²) in [6, 6.07) is 3.36. The highest BCUT2D eigenvalue weighted by Crippen LogP contribution is 2.33. The lowest BCUT2D eigenvalue weighted by Crippen LogP contribution is -2.60. The van der Waals surface area contributed by atoms with Crippen molar-refractivity contribution in [3.63, 3.8) is 0 Å². The van der Waals surface area contributed by atoms with E-state index in [1.807, 2.05) is 38.0 Å². The fourth-order valence-electron chi connectivity index (χ4n) is 4.95. The number of piperidine rings is 1. The Morgan fingerprint density at radius 1 is 1.31 bits per heavy atom. The van der Waals surface area contributed by atoms with E-state index in [9.17, 15) is 14.7 Å². The number of ether oxygens (including phenoxy) is 1. The van der Waals surface area contributed by atoms with Crippen molar-refractivity contribution in [1.29, 1.82) is 0 Å². The van der Waals surface area contributed by atoms with Crippen LogP contribution in [0.5, 0.6) is 0 Å². The van der Waals surface area contributed by atoms with Crippen LogP contribution in [-0.2, 0) is 11.2 Å². The number of carboxylic acid groups (broad SMARTS) is 1. The molecule has 1 spiro atoms. The number of pyridine rings is 1. The Morgan fingerprint density at radius 3 is 2.64 bits per heavy atom. The van der Waals surface area contributed by atoms with Gasteiger partial charge in [-0.3, -0.25) is 4.79 Å². The molecule has 2 aromatic rings. The van der Waals surface area contributed by atoms with Gasteiger partial charge < -0.3 is 19.6 Å². The van der Waals surface area contributed by atoms with E-state index >= 15 is 0 Å². The van der Waals surface area contributed by atoms with Gasteiger partial charge in [-0.2, -0.15) is 0 Å². The number of rotatable bonds is 5. The Kier molecular flexibility index (Phi) is 7.89. The van der Waals surface area contributed by atoms with Gasteiger partial charge in [0.1, 0.15) is 5.69 Å². The van der Waals surface area contributed by atoms with Gasteiger partial charge in [-0.05, 0) is 52.7 Å². The van der Waals surface area contributed by atoms with Gasteiger partial charge in [0.25, 0.3) is 5.91 Å². The fourth-order valence-corrected chi connectivity index (χ4v) is 6.10. The van der Waals surface area contributed by atoms with E-state index < -0.39 is 11.6 Å². The Bertz CT molecular complexity index is 1080. The first-order valence-electron chi connectivity index (χ1n) is 12.2. The minimum Gasteiger partial charge on any atom is -0.465 e. The molecule has 1 atom stereocenters. The minimum atomic E-state index is -0.995. The van der Waals surface area contributed by atoms with Crippen LogP contribution >= 0.6 is 22.9 Å². The number of likely N-dealkylation sites (tertiary alicyclic amines) is 1. The summed E-state index contributed by atoms with van der Waals surface area (Å²) in [5.41, 5.74) is 0.397. The molecule has 1 N–H and O–H groups in total. The summed E-state index contributed by atoms with van der Waals surface area (Å²) in [6.45, 7) is 11.3. The molecule has 0 aromatic carbocycles. The van der Waals surface area contributed by atoms with Crippen LogP contribution in [0.1, 0.15) is 56.7 Å². The monoisotopic (exact) mass is 535 g/mol. The quantitative estimate of drug-likeness (QED) is 0.605. The third kappa shape index (κ3) is 6.16. The normalized spacial score (nSPS) is 20.5. The van der Waals surface area contributed by atoms with Crippen molar-refractivity contribution in [3.05, 3.63) is 40.1 Å². The van der Waals surface area contributed by atoms with Crippen molar-refractivity contribution in [1.82, 2.24) is 19.8 Å². The maximum Gasteiger partial charge on any atom is 0.414 e. The van der Waals surface area contributed by atoms with Gasteiger partial charge in [-0.15, -0.1) is 11.3 Å². The van der Waals surface area contributed by atoms with Crippen LogP contribution in [0.15, 0.2) is 23.7 Å². The average Bonchev–Trinajstić information content (AvgIpc) is 3.25. The summed E-state index contributed by atoms with van der Waals surface area (Å²) >= 11 is 7.29. The first kappa shape index (κ1) is 26.8. The molecular weight excluding hydrogens is 502 g/mol. The van der Waals surface area contributed by atoms with E-state index in [0.29, 0.717) is 28.9 Å². The third-order valence-electron chi connectivity index (χ3n) is 6.69. The molecule has 0 aliphatic carbocycles. The van der Waals surface area contributed by atoms with E-state index in [4.69, 9.17) is 16.3 Å². The first-order valence-corrected chi connectivity index (χ1v) is 13.5. The van der Waals surface area contributed by atoms with E-state index in [2.05, 4.69) is 14.9 Å². The van der Waals surface area contributed by atoms with E-state index in [1.165, 1.54) is 22.4 Å². The molecule has 2 aliphatic heterocycles. The molecule has 2 saturated heterocycles. The number of hydrogen-bond donors (Lipinski definition) is 1. The largest absolute Gasteiger partial charge is 0.465 e. The van der Waals surface area contributed by atoms with Crippen LogP contribution in [0.25, 0.3) is 0 Å². The van der Waals surface area contributed by atoms with Gasteiger partial charge in [0.15, 0.2) is 5.13 Å². The van der Waals surface area contributed by atoms with Crippen LogP contribution in [0, 0.1) is 0 Å². The molecule has 196 valence electrons. The molecule has 2 fully saturated rings. The smallest absolute Gasteiger partial charge is 0.414 e. The molecule has 0 bridgehead atoms. The van der Waals surface area contributed by atoms with E-state index in [0.717, 1.165) is 44.6 Å². The number of anilines is 1. The third-order valence-corrected chi connectivity index (χ3v) is 7.78. The molecule has 1 unspecified atom stereocenters. The van der Waals surface area contributed by atoms with Gasteiger partial charge in [-0.1, -0.05) is 11.6 Å². The molecule has 36 heavy (non-hydrogen) atoms. The van der Waals surface area contributed by atoms with Crippen molar-refractivity contribution in [3.8, 4) is 0 Å². The van der Waals surface area contributed by atoms with Crippen LogP contribution in [-0.4, -0.2) is 86.8 Å². The molecule has 2 aromatic heterocycles. The molecule has 2 aliphatic rings. The molecule has 9 nitrogen and oxygen atoms in total. The molecule has 4 rings (SSSR count). The van der Waals surface area contributed by atoms with Crippen molar-refractivity contribution >= 4 is 40.1 Å². The Hall–Kier alpha value is -2.27. The molecule has 4 heterocycles. The second-order valence-electron chi connectivity index (χ2n) is 10.7. The van der Waals surface area contributed by atoms with Gasteiger partial charge in [0, 0.05) is 49.7 Å². The van der Waals surface area contributed by atoms with Gasteiger partial charge >= 0.3 is 6.09 Å². The maximum atomic E-state index is 13.1. The average molecular weight is 536 g/mol. The Labute approximate surface area is 221 Å². The number of hydrogen-bond acceptors (Lipinski definition) is 7. The lowest BCUT2D eigenvalue weighted by Gasteiger charge is -2.49. The second-order valence-corrected chi connectivity index (χ2v) is 11.9. The molecule has 0 saturated carbocycles. The summed E-state index contributed by atoms with van der Waals surface area (Å²) in [7, 11) is 0. The van der Waals surface area contributed by atoms with Gasteiger partial charge in [0.05, 0.1) is 29.0 Å². The predicted molar refractivity (Wildman–Crippen MR) is 140 cm³/mol. The summed E-state index contributed by atoms with van der Waals surface area (Å²) in [5, 5.41) is 12.6. The van der Waals surface area contributed by atoms with Gasteiger partial charge in [-0.25, -0.2) is 19.7 Å². The summed E-state index contributed by atoms with van der Waals surface area (Å²) < 4.78 is 6.41. The van der Waals surface area contributed by atoms with Crippen molar-refractivity contribution in [2.75, 3.05) is 37.6 Å². The fraction of sp³-hybridized carbons (Fsp3) is 0.600. The number of nitrogens with zero attached hydrogens (tertiary/aromatic N) is 5. The molecule has 11 heteroatoms. The number of amides is 2. The van der Waals surface area contributed by atoms with Crippen molar-refractivity contribution in [2.24, 2.45) is 0 Å².